The number of Topliss-reactive ketones (excluding diaryl/α,β-unsaturated/α-hetero) is 1. The molecule has 32 heavy (non-hydrogen) atoms. The fraction of sp³-hybridized carbons (Fsp3) is 0.400. The summed E-state index contributed by atoms with van der Waals surface area (Å²) in [6, 6.07) is 10.3. The average Bonchev–Trinajstić information content (AvgIpc) is 3.31. The molecule has 1 N–H and O–H groups in total. The third kappa shape index (κ3) is 3.61. The van der Waals surface area contributed by atoms with Crippen LogP contribution in [-0.4, -0.2) is 36.0 Å². The van der Waals surface area contributed by atoms with Gasteiger partial charge in [0.05, 0.1) is 6.54 Å². The van der Waals surface area contributed by atoms with Crippen LogP contribution in [0.2, 0.25) is 0 Å². The van der Waals surface area contributed by atoms with Gasteiger partial charge in [-0.1, -0.05) is 52.0 Å². The smallest absolute Gasteiger partial charge is 0.325 e. The molecule has 0 aromatic heterocycles. The molecule has 0 bridgehead atoms. The molecule has 7 nitrogen and oxygen atoms in total. The highest BCUT2D eigenvalue weighted by Gasteiger charge is 2.50. The summed E-state index contributed by atoms with van der Waals surface area (Å²) in [7, 11) is 0. The highest BCUT2D eigenvalue weighted by molar-refractivity contribution is 6.11. The van der Waals surface area contributed by atoms with Gasteiger partial charge >= 0.3 is 6.03 Å². The van der Waals surface area contributed by atoms with Crippen LogP contribution in [0.5, 0.6) is 11.5 Å². The maximum absolute atomic E-state index is 13.3. The van der Waals surface area contributed by atoms with E-state index in [2.05, 4.69) is 19.2 Å². The largest absolute Gasteiger partial charge is 0.454 e. The Bertz CT molecular complexity index is 1110. The molecule has 0 aliphatic carbocycles. The van der Waals surface area contributed by atoms with E-state index in [1.54, 1.807) is 25.1 Å². The van der Waals surface area contributed by atoms with E-state index in [1.807, 2.05) is 32.0 Å². The van der Waals surface area contributed by atoms with E-state index >= 15 is 0 Å². The lowest BCUT2D eigenvalue weighted by Gasteiger charge is -2.22. The zero-order chi connectivity index (χ0) is 23.2. The van der Waals surface area contributed by atoms with Gasteiger partial charge in [-0.3, -0.25) is 14.5 Å². The standard InChI is InChI=1S/C25H28N2O5/c1-14(2)16-6-8-18(19(10-16)15(3)4)20(28)12-27-23(29)25(5,26-24(27)30)17-7-9-21-22(11-17)32-13-31-21/h6-11,14-15H,12-13H2,1-5H3,(H,26,30). The minimum Gasteiger partial charge on any atom is -0.454 e. The lowest BCUT2D eigenvalue weighted by Crippen LogP contribution is -2.41. The van der Waals surface area contributed by atoms with E-state index in [9.17, 15) is 14.4 Å². The number of carbonyl (C=O) groups is 3. The highest BCUT2D eigenvalue weighted by Crippen LogP contribution is 2.38. The number of amides is 3. The molecule has 1 saturated heterocycles. The second kappa shape index (κ2) is 7.97. The molecule has 2 aliphatic rings. The Balaban J connectivity index is 1.60. The van der Waals surface area contributed by atoms with Crippen LogP contribution in [0.25, 0.3) is 0 Å². The van der Waals surface area contributed by atoms with Gasteiger partial charge in [0.2, 0.25) is 6.79 Å². The van der Waals surface area contributed by atoms with Crippen molar-refractivity contribution in [2.24, 2.45) is 0 Å². The Morgan fingerprint density at radius 1 is 1.03 bits per heavy atom. The number of fused-ring (bicyclic) bond motifs is 1. The fourth-order valence-corrected chi connectivity index (χ4v) is 4.14. The second-order valence-electron chi connectivity index (χ2n) is 9.09. The lowest BCUT2D eigenvalue weighted by atomic mass is 9.89. The number of imide groups is 1. The summed E-state index contributed by atoms with van der Waals surface area (Å²) in [6.07, 6.45) is 0. The van der Waals surface area contributed by atoms with E-state index in [0.717, 1.165) is 16.0 Å². The molecule has 7 heteroatoms. The zero-order valence-corrected chi connectivity index (χ0v) is 19.0. The molecule has 1 fully saturated rings. The van der Waals surface area contributed by atoms with Gasteiger partial charge in [-0.25, -0.2) is 4.79 Å². The van der Waals surface area contributed by atoms with Crippen LogP contribution in [0.15, 0.2) is 36.4 Å². The maximum Gasteiger partial charge on any atom is 0.325 e. The minimum atomic E-state index is -1.29. The molecule has 0 radical (unpaired) electrons. The summed E-state index contributed by atoms with van der Waals surface area (Å²) in [4.78, 5) is 40.2. The number of benzene rings is 2. The Labute approximate surface area is 187 Å². The number of nitrogens with zero attached hydrogens (tertiary/aromatic N) is 1. The number of nitrogens with one attached hydrogen (secondary N) is 1. The first-order valence-electron chi connectivity index (χ1n) is 10.8. The molecule has 0 saturated carbocycles. The van der Waals surface area contributed by atoms with Crippen molar-refractivity contribution >= 4 is 17.7 Å². The van der Waals surface area contributed by atoms with Crippen molar-refractivity contribution in [1.29, 1.82) is 0 Å². The first-order chi connectivity index (χ1) is 15.1. The van der Waals surface area contributed by atoms with Crippen molar-refractivity contribution in [2.75, 3.05) is 13.3 Å². The first kappa shape index (κ1) is 21.9. The van der Waals surface area contributed by atoms with Gasteiger partial charge in [-0.05, 0) is 47.6 Å². The fourth-order valence-electron chi connectivity index (χ4n) is 4.14. The Morgan fingerprint density at radius 3 is 2.44 bits per heavy atom. The molecular weight excluding hydrogens is 408 g/mol. The van der Waals surface area contributed by atoms with Crippen LogP contribution in [-0.2, 0) is 10.3 Å². The molecule has 168 valence electrons. The number of carbonyl (C=O) groups excluding carboxylic acids is 3. The first-order valence-corrected chi connectivity index (χ1v) is 10.8. The van der Waals surface area contributed by atoms with E-state index in [4.69, 9.17) is 9.47 Å². The zero-order valence-electron chi connectivity index (χ0n) is 19.0. The minimum absolute atomic E-state index is 0.115. The van der Waals surface area contributed by atoms with E-state index in [0.29, 0.717) is 28.5 Å². The second-order valence-corrected chi connectivity index (χ2v) is 9.09. The number of hydrogen-bond acceptors (Lipinski definition) is 5. The van der Waals surface area contributed by atoms with Gasteiger partial charge in [0.15, 0.2) is 17.3 Å². The van der Waals surface area contributed by atoms with Gasteiger partial charge in [0.25, 0.3) is 5.91 Å². The topological polar surface area (TPSA) is 84.9 Å². The molecule has 2 aromatic rings. The van der Waals surface area contributed by atoms with Gasteiger partial charge in [-0.15, -0.1) is 0 Å². The molecule has 0 spiro atoms. The number of hydrogen-bond donors (Lipinski definition) is 1. The van der Waals surface area contributed by atoms with Gasteiger partial charge in [0.1, 0.15) is 5.54 Å². The summed E-state index contributed by atoms with van der Waals surface area (Å²) in [5, 5.41) is 2.74. The Hall–Kier alpha value is -3.35. The van der Waals surface area contributed by atoms with Crippen LogP contribution in [0.3, 0.4) is 0 Å². The van der Waals surface area contributed by atoms with Crippen molar-refractivity contribution in [1.82, 2.24) is 10.2 Å². The Morgan fingerprint density at radius 2 is 1.75 bits per heavy atom. The third-order valence-corrected chi connectivity index (χ3v) is 6.19. The summed E-state index contributed by atoms with van der Waals surface area (Å²) < 4.78 is 10.7. The summed E-state index contributed by atoms with van der Waals surface area (Å²) in [6.45, 7) is 9.69. The summed E-state index contributed by atoms with van der Waals surface area (Å²) >= 11 is 0. The molecule has 2 heterocycles. The van der Waals surface area contributed by atoms with Crippen LogP contribution >= 0.6 is 0 Å². The molecular formula is C25H28N2O5. The third-order valence-electron chi connectivity index (χ3n) is 6.19. The monoisotopic (exact) mass is 436 g/mol. The number of rotatable bonds is 6. The molecule has 3 amide bonds. The van der Waals surface area contributed by atoms with E-state index in [-0.39, 0.29) is 25.0 Å². The predicted octanol–water partition coefficient (Wildman–Crippen LogP) is 4.31. The number of ether oxygens (including phenoxy) is 2. The van der Waals surface area contributed by atoms with Crippen molar-refractivity contribution in [3.63, 3.8) is 0 Å². The van der Waals surface area contributed by atoms with Crippen LogP contribution in [0.4, 0.5) is 4.79 Å². The summed E-state index contributed by atoms with van der Waals surface area (Å²) in [5.74, 6) is 0.848. The van der Waals surface area contributed by atoms with E-state index < -0.39 is 17.5 Å². The molecule has 2 aliphatic heterocycles. The van der Waals surface area contributed by atoms with Crippen molar-refractivity contribution in [3.8, 4) is 11.5 Å². The number of ketones is 1. The van der Waals surface area contributed by atoms with Crippen LogP contribution < -0.4 is 14.8 Å². The SMILES string of the molecule is CC(C)c1ccc(C(=O)CN2C(=O)NC(C)(c3ccc4c(c3)OCO4)C2=O)c(C(C)C)c1. The summed E-state index contributed by atoms with van der Waals surface area (Å²) in [5.41, 5.74) is 1.89. The number of urea groups is 1. The van der Waals surface area contributed by atoms with E-state index in [1.165, 1.54) is 0 Å². The van der Waals surface area contributed by atoms with Crippen molar-refractivity contribution in [3.05, 3.63) is 58.7 Å². The normalized spacial score (nSPS) is 19.8. The molecule has 1 unspecified atom stereocenters. The quantitative estimate of drug-likeness (QED) is 0.539. The predicted molar refractivity (Wildman–Crippen MR) is 119 cm³/mol. The van der Waals surface area contributed by atoms with Crippen molar-refractivity contribution in [2.45, 2.75) is 52.0 Å². The van der Waals surface area contributed by atoms with Crippen molar-refractivity contribution < 1.29 is 23.9 Å². The molecule has 1 atom stereocenters. The van der Waals surface area contributed by atoms with Gasteiger partial charge in [-0.2, -0.15) is 0 Å². The van der Waals surface area contributed by atoms with Gasteiger partial charge in [0, 0.05) is 5.56 Å². The molecule has 2 aromatic carbocycles. The lowest BCUT2D eigenvalue weighted by molar-refractivity contribution is -0.130. The maximum atomic E-state index is 13.3. The molecule has 4 rings (SSSR count). The van der Waals surface area contributed by atoms with Gasteiger partial charge < -0.3 is 14.8 Å². The highest BCUT2D eigenvalue weighted by atomic mass is 16.7. The Kier molecular flexibility index (Phi) is 5.44. The average molecular weight is 437 g/mol. The van der Waals surface area contributed by atoms with Crippen LogP contribution in [0.1, 0.15) is 73.5 Å². The van der Waals surface area contributed by atoms with Crippen LogP contribution in [0, 0.1) is 0 Å².